The Labute approximate surface area is 126 Å². The van der Waals surface area contributed by atoms with Gasteiger partial charge in [0.1, 0.15) is 0 Å². The number of carbonyl (C=O) groups is 1. The highest BCUT2D eigenvalue weighted by molar-refractivity contribution is 7.91. The van der Waals surface area contributed by atoms with Gasteiger partial charge in [-0.15, -0.1) is 0 Å². The van der Waals surface area contributed by atoms with Crippen molar-refractivity contribution in [2.24, 2.45) is 17.3 Å². The third-order valence-corrected chi connectivity index (χ3v) is 7.21. The number of likely N-dealkylation sites (tertiary alicyclic amines) is 1. The van der Waals surface area contributed by atoms with Gasteiger partial charge in [0, 0.05) is 25.0 Å². The number of hydrogen-bond acceptors (Lipinski definition) is 3. The molecule has 0 radical (unpaired) electrons. The first-order chi connectivity index (χ1) is 9.88. The summed E-state index contributed by atoms with van der Waals surface area (Å²) >= 11 is 0. The van der Waals surface area contributed by atoms with Crippen molar-refractivity contribution in [1.29, 1.82) is 0 Å². The Bertz CT molecular complexity index is 549. The molecule has 1 N–H and O–H groups in total. The molecule has 2 aliphatic heterocycles. The van der Waals surface area contributed by atoms with E-state index in [1.165, 1.54) is 0 Å². The topological polar surface area (TPSA) is 66.5 Å². The number of carbonyl (C=O) groups excluding carboxylic acids is 1. The van der Waals surface area contributed by atoms with Crippen molar-refractivity contribution in [3.8, 4) is 0 Å². The number of urea groups is 1. The SMILES string of the molecule is C[C@]12CN(C(=O)NCCC3CC=CC3)C[C@H]1CS(=O)(=O)C2. The van der Waals surface area contributed by atoms with Crippen LogP contribution in [0, 0.1) is 17.3 Å². The summed E-state index contributed by atoms with van der Waals surface area (Å²) in [4.78, 5) is 14.0. The quantitative estimate of drug-likeness (QED) is 0.802. The minimum atomic E-state index is -2.91. The molecule has 0 spiro atoms. The molecule has 3 rings (SSSR count). The van der Waals surface area contributed by atoms with Crippen molar-refractivity contribution in [1.82, 2.24) is 10.2 Å². The summed E-state index contributed by atoms with van der Waals surface area (Å²) in [5.41, 5.74) is -0.244. The lowest BCUT2D eigenvalue weighted by Gasteiger charge is -2.22. The van der Waals surface area contributed by atoms with Gasteiger partial charge in [0.05, 0.1) is 11.5 Å². The van der Waals surface area contributed by atoms with Crippen LogP contribution in [0.25, 0.3) is 0 Å². The second kappa shape index (κ2) is 5.30. The zero-order valence-electron chi connectivity index (χ0n) is 12.5. The van der Waals surface area contributed by atoms with Crippen molar-refractivity contribution < 1.29 is 13.2 Å². The van der Waals surface area contributed by atoms with Crippen molar-refractivity contribution in [2.75, 3.05) is 31.1 Å². The van der Waals surface area contributed by atoms with Gasteiger partial charge in [0.25, 0.3) is 0 Å². The molecule has 2 saturated heterocycles. The average Bonchev–Trinajstić information content (AvgIpc) is 3.01. The molecule has 0 aromatic heterocycles. The minimum Gasteiger partial charge on any atom is -0.338 e. The fourth-order valence-electron chi connectivity index (χ4n) is 3.96. The maximum absolute atomic E-state index is 12.2. The van der Waals surface area contributed by atoms with Crippen LogP contribution in [0.1, 0.15) is 26.2 Å². The second-order valence-electron chi connectivity index (χ2n) is 7.12. The highest BCUT2D eigenvalue weighted by Gasteiger charge is 2.53. The predicted octanol–water partition coefficient (Wildman–Crippen LogP) is 1.42. The summed E-state index contributed by atoms with van der Waals surface area (Å²) in [5.74, 6) is 1.24. The molecule has 1 aliphatic carbocycles. The number of nitrogens with zero attached hydrogens (tertiary/aromatic N) is 1. The Morgan fingerprint density at radius 2 is 2.10 bits per heavy atom. The lowest BCUT2D eigenvalue weighted by Crippen LogP contribution is -2.41. The first-order valence-corrected chi connectivity index (χ1v) is 9.58. The van der Waals surface area contributed by atoms with Gasteiger partial charge in [-0.05, 0) is 31.1 Å². The summed E-state index contributed by atoms with van der Waals surface area (Å²) in [7, 11) is -2.91. The van der Waals surface area contributed by atoms with Gasteiger partial charge in [0.2, 0.25) is 0 Å². The van der Waals surface area contributed by atoms with Gasteiger partial charge in [-0.1, -0.05) is 19.1 Å². The van der Waals surface area contributed by atoms with Gasteiger partial charge in [0.15, 0.2) is 9.84 Å². The van der Waals surface area contributed by atoms with E-state index in [2.05, 4.69) is 17.5 Å². The van der Waals surface area contributed by atoms with Gasteiger partial charge in [-0.2, -0.15) is 0 Å². The molecule has 2 atom stereocenters. The molecule has 3 aliphatic rings. The van der Waals surface area contributed by atoms with Crippen molar-refractivity contribution in [2.45, 2.75) is 26.2 Å². The second-order valence-corrected chi connectivity index (χ2v) is 9.22. The van der Waals surface area contributed by atoms with E-state index >= 15 is 0 Å². The van der Waals surface area contributed by atoms with Crippen LogP contribution in [-0.2, 0) is 9.84 Å². The molecule has 2 amide bonds. The summed E-state index contributed by atoms with van der Waals surface area (Å²) in [6, 6.07) is -0.0334. The largest absolute Gasteiger partial charge is 0.338 e. The lowest BCUT2D eigenvalue weighted by atomic mass is 9.84. The third-order valence-electron chi connectivity index (χ3n) is 5.20. The fraction of sp³-hybridized carbons (Fsp3) is 0.800. The van der Waals surface area contributed by atoms with E-state index in [0.717, 1.165) is 19.3 Å². The monoisotopic (exact) mass is 312 g/mol. The Morgan fingerprint density at radius 3 is 2.76 bits per heavy atom. The van der Waals surface area contributed by atoms with E-state index in [9.17, 15) is 13.2 Å². The zero-order chi connectivity index (χ0) is 15.1. The van der Waals surface area contributed by atoms with Crippen LogP contribution in [0.5, 0.6) is 0 Å². The molecule has 5 nitrogen and oxygen atoms in total. The number of fused-ring (bicyclic) bond motifs is 1. The molecule has 0 saturated carbocycles. The molecule has 21 heavy (non-hydrogen) atoms. The van der Waals surface area contributed by atoms with Gasteiger partial charge in [-0.3, -0.25) is 0 Å². The van der Waals surface area contributed by atoms with Crippen LogP contribution in [0.15, 0.2) is 12.2 Å². The molecule has 0 aromatic rings. The van der Waals surface area contributed by atoms with Crippen LogP contribution in [0.3, 0.4) is 0 Å². The lowest BCUT2D eigenvalue weighted by molar-refractivity contribution is 0.203. The number of hydrogen-bond donors (Lipinski definition) is 1. The van der Waals surface area contributed by atoms with Crippen molar-refractivity contribution in [3.63, 3.8) is 0 Å². The molecule has 0 bridgehead atoms. The molecule has 0 unspecified atom stereocenters. The molecule has 6 heteroatoms. The van der Waals surface area contributed by atoms with Crippen LogP contribution in [-0.4, -0.2) is 50.5 Å². The summed E-state index contributed by atoms with van der Waals surface area (Å²) < 4.78 is 23.4. The maximum atomic E-state index is 12.2. The average molecular weight is 312 g/mol. The summed E-state index contributed by atoms with van der Waals surface area (Å²) in [6.07, 6.45) is 7.67. The first kappa shape index (κ1) is 14.9. The number of sulfone groups is 1. The van der Waals surface area contributed by atoms with Gasteiger partial charge in [-0.25, -0.2) is 13.2 Å². The highest BCUT2D eigenvalue weighted by Crippen LogP contribution is 2.43. The van der Waals surface area contributed by atoms with Crippen molar-refractivity contribution >= 4 is 15.9 Å². The molecule has 2 heterocycles. The normalized spacial score (nSPS) is 34.3. The van der Waals surface area contributed by atoms with Crippen LogP contribution in [0.4, 0.5) is 4.79 Å². The van der Waals surface area contributed by atoms with E-state index in [0.29, 0.717) is 25.6 Å². The number of allylic oxidation sites excluding steroid dienone is 2. The standard InChI is InChI=1S/C15H24N2O3S/c1-15-10-17(8-13(15)9-21(19,20)11-15)14(18)16-7-6-12-4-2-3-5-12/h2-3,12-13H,4-11H2,1H3,(H,16,18)/t13-,15+/m0/s1. The Kier molecular flexibility index (Phi) is 3.76. The Hall–Kier alpha value is -1.04. The van der Waals surface area contributed by atoms with E-state index in [-0.39, 0.29) is 28.9 Å². The smallest absolute Gasteiger partial charge is 0.317 e. The van der Waals surface area contributed by atoms with E-state index in [4.69, 9.17) is 0 Å². The molecular weight excluding hydrogens is 288 g/mol. The zero-order valence-corrected chi connectivity index (χ0v) is 13.4. The van der Waals surface area contributed by atoms with E-state index < -0.39 is 9.84 Å². The van der Waals surface area contributed by atoms with Gasteiger partial charge >= 0.3 is 6.03 Å². The maximum Gasteiger partial charge on any atom is 0.317 e. The van der Waals surface area contributed by atoms with Crippen molar-refractivity contribution in [3.05, 3.63) is 12.2 Å². The first-order valence-electron chi connectivity index (χ1n) is 7.76. The Balaban J connectivity index is 1.47. The van der Waals surface area contributed by atoms with Crippen LogP contribution >= 0.6 is 0 Å². The minimum absolute atomic E-state index is 0.0334. The van der Waals surface area contributed by atoms with Crippen LogP contribution in [0.2, 0.25) is 0 Å². The highest BCUT2D eigenvalue weighted by atomic mass is 32.2. The summed E-state index contributed by atoms with van der Waals surface area (Å²) in [6.45, 7) is 3.85. The van der Waals surface area contributed by atoms with E-state index in [1.54, 1.807) is 4.90 Å². The molecule has 118 valence electrons. The molecular formula is C15H24N2O3S. The number of nitrogens with one attached hydrogen (secondary N) is 1. The number of amides is 2. The third kappa shape index (κ3) is 3.10. The molecule has 0 aromatic carbocycles. The summed E-state index contributed by atoms with van der Waals surface area (Å²) in [5, 5.41) is 2.99. The molecule has 2 fully saturated rings. The predicted molar refractivity (Wildman–Crippen MR) is 81.7 cm³/mol. The van der Waals surface area contributed by atoms with E-state index in [1.807, 2.05) is 6.92 Å². The van der Waals surface area contributed by atoms with Gasteiger partial charge < -0.3 is 10.2 Å². The number of rotatable bonds is 3. The Morgan fingerprint density at radius 1 is 1.38 bits per heavy atom. The van der Waals surface area contributed by atoms with Crippen LogP contribution < -0.4 is 5.32 Å². The fourth-order valence-corrected chi connectivity index (χ4v) is 6.53.